The van der Waals surface area contributed by atoms with Gasteiger partial charge in [-0.2, -0.15) is 0 Å². The number of rotatable bonds is 3. The fraction of sp³-hybridized carbons (Fsp3) is 0.467. The Labute approximate surface area is 122 Å². The maximum atomic E-state index is 12.6. The van der Waals surface area contributed by atoms with Gasteiger partial charge in [-0.3, -0.25) is 4.79 Å². The summed E-state index contributed by atoms with van der Waals surface area (Å²) in [4.78, 5) is 25.7. The van der Waals surface area contributed by atoms with E-state index in [1.165, 1.54) is 17.4 Å². The van der Waals surface area contributed by atoms with E-state index in [1.807, 2.05) is 10.3 Å². The number of hydrogen-bond acceptors (Lipinski definition) is 3. The molecule has 0 radical (unpaired) electrons. The lowest BCUT2D eigenvalue weighted by molar-refractivity contribution is -0.131. The highest BCUT2D eigenvalue weighted by molar-refractivity contribution is 7.12. The number of thiophene rings is 1. The Hall–Kier alpha value is -1.62. The van der Waals surface area contributed by atoms with Crippen LogP contribution in [-0.2, 0) is 4.79 Å². The van der Waals surface area contributed by atoms with E-state index in [0.717, 1.165) is 25.6 Å². The van der Waals surface area contributed by atoms with Crippen LogP contribution in [0.3, 0.4) is 0 Å². The third-order valence-electron chi connectivity index (χ3n) is 3.45. The smallest absolute Gasteiger partial charge is 0.328 e. The molecule has 0 spiro atoms. The van der Waals surface area contributed by atoms with Crippen molar-refractivity contribution in [2.24, 2.45) is 11.8 Å². The van der Waals surface area contributed by atoms with Gasteiger partial charge < -0.3 is 10.0 Å². The molecular formula is C15H19NO3S. The van der Waals surface area contributed by atoms with Gasteiger partial charge in [-0.1, -0.05) is 13.8 Å². The molecule has 1 N–H and O–H groups in total. The Morgan fingerprint density at radius 1 is 1.35 bits per heavy atom. The fourth-order valence-corrected chi connectivity index (χ4v) is 3.61. The molecule has 1 aromatic heterocycles. The molecule has 1 aliphatic heterocycles. The first-order valence-electron chi connectivity index (χ1n) is 6.75. The van der Waals surface area contributed by atoms with Crippen LogP contribution in [0.2, 0.25) is 0 Å². The lowest BCUT2D eigenvalue weighted by Gasteiger charge is -2.34. The van der Waals surface area contributed by atoms with Crippen LogP contribution in [0.1, 0.15) is 35.5 Å². The SMILES string of the molecule is CC1CC(C)CN(C(=O)c2sccc2C=CC(=O)O)C1. The summed E-state index contributed by atoms with van der Waals surface area (Å²) in [6, 6.07) is 1.79. The highest BCUT2D eigenvalue weighted by Gasteiger charge is 2.27. The summed E-state index contributed by atoms with van der Waals surface area (Å²) in [5.41, 5.74) is 0.688. The Balaban J connectivity index is 2.17. The highest BCUT2D eigenvalue weighted by Crippen LogP contribution is 2.26. The summed E-state index contributed by atoms with van der Waals surface area (Å²) in [6.45, 7) is 5.89. The predicted octanol–water partition coefficient (Wildman–Crippen LogP) is 2.96. The first-order valence-corrected chi connectivity index (χ1v) is 7.63. The van der Waals surface area contributed by atoms with Gasteiger partial charge in [-0.25, -0.2) is 4.79 Å². The number of aliphatic carboxylic acids is 1. The zero-order chi connectivity index (χ0) is 14.7. The largest absolute Gasteiger partial charge is 0.478 e. The molecule has 4 nitrogen and oxygen atoms in total. The number of carbonyl (C=O) groups excluding carboxylic acids is 1. The van der Waals surface area contributed by atoms with Gasteiger partial charge in [0.15, 0.2) is 0 Å². The molecular weight excluding hydrogens is 274 g/mol. The molecule has 20 heavy (non-hydrogen) atoms. The average Bonchev–Trinajstić information content (AvgIpc) is 2.82. The van der Waals surface area contributed by atoms with Crippen molar-refractivity contribution in [1.82, 2.24) is 4.90 Å². The minimum absolute atomic E-state index is 0.0171. The standard InChI is InChI=1S/C15H19NO3S/c1-10-7-11(2)9-16(8-10)15(19)14-12(5-6-20-14)3-4-13(17)18/h3-6,10-11H,7-9H2,1-2H3,(H,17,18). The van der Waals surface area contributed by atoms with Crippen LogP contribution >= 0.6 is 11.3 Å². The second-order valence-corrected chi connectivity index (χ2v) is 6.45. The Kier molecular flexibility index (Phi) is 4.60. The molecule has 0 aromatic carbocycles. The van der Waals surface area contributed by atoms with Gasteiger partial charge in [0, 0.05) is 19.2 Å². The Morgan fingerprint density at radius 3 is 2.60 bits per heavy atom. The van der Waals surface area contributed by atoms with E-state index in [0.29, 0.717) is 22.3 Å². The number of amides is 1. The maximum absolute atomic E-state index is 12.6. The fourth-order valence-electron chi connectivity index (χ4n) is 2.76. The lowest BCUT2D eigenvalue weighted by Crippen LogP contribution is -2.42. The monoisotopic (exact) mass is 293 g/mol. The second kappa shape index (κ2) is 6.22. The molecule has 5 heteroatoms. The molecule has 0 bridgehead atoms. The van der Waals surface area contributed by atoms with Gasteiger partial charge in [-0.05, 0) is 41.3 Å². The van der Waals surface area contributed by atoms with Crippen molar-refractivity contribution in [2.75, 3.05) is 13.1 Å². The van der Waals surface area contributed by atoms with Gasteiger partial charge in [0.1, 0.15) is 0 Å². The van der Waals surface area contributed by atoms with E-state index in [4.69, 9.17) is 5.11 Å². The molecule has 1 aliphatic rings. The maximum Gasteiger partial charge on any atom is 0.328 e. The summed E-state index contributed by atoms with van der Waals surface area (Å²) in [7, 11) is 0. The van der Waals surface area contributed by atoms with Crippen LogP contribution in [0.4, 0.5) is 0 Å². The predicted molar refractivity (Wildman–Crippen MR) is 79.8 cm³/mol. The molecule has 2 unspecified atom stereocenters. The summed E-state index contributed by atoms with van der Waals surface area (Å²) in [6.07, 6.45) is 3.71. The van der Waals surface area contributed by atoms with Crippen LogP contribution in [0.15, 0.2) is 17.5 Å². The minimum Gasteiger partial charge on any atom is -0.478 e. The van der Waals surface area contributed by atoms with Crippen LogP contribution in [-0.4, -0.2) is 35.0 Å². The number of piperidine rings is 1. The van der Waals surface area contributed by atoms with Gasteiger partial charge in [0.25, 0.3) is 5.91 Å². The van der Waals surface area contributed by atoms with E-state index in [9.17, 15) is 9.59 Å². The van der Waals surface area contributed by atoms with Gasteiger partial charge in [0.05, 0.1) is 4.88 Å². The molecule has 2 heterocycles. The van der Waals surface area contributed by atoms with Crippen LogP contribution in [0.5, 0.6) is 0 Å². The minimum atomic E-state index is -1.00. The summed E-state index contributed by atoms with van der Waals surface area (Å²) in [5.74, 6) is 0.0413. The van der Waals surface area contributed by atoms with Crippen molar-refractivity contribution in [3.05, 3.63) is 28.0 Å². The molecule has 0 saturated carbocycles. The molecule has 2 atom stereocenters. The van der Waals surface area contributed by atoms with Crippen molar-refractivity contribution in [1.29, 1.82) is 0 Å². The number of likely N-dealkylation sites (tertiary alicyclic amines) is 1. The van der Waals surface area contributed by atoms with Crippen molar-refractivity contribution in [3.63, 3.8) is 0 Å². The topological polar surface area (TPSA) is 57.6 Å². The van der Waals surface area contributed by atoms with Crippen LogP contribution in [0, 0.1) is 11.8 Å². The number of nitrogens with zero attached hydrogens (tertiary/aromatic N) is 1. The third kappa shape index (κ3) is 3.48. The van der Waals surface area contributed by atoms with E-state index < -0.39 is 5.97 Å². The van der Waals surface area contributed by atoms with Crippen LogP contribution in [0.25, 0.3) is 6.08 Å². The molecule has 1 fully saturated rings. The van der Waals surface area contributed by atoms with Gasteiger partial charge in [-0.15, -0.1) is 11.3 Å². The quantitative estimate of drug-likeness (QED) is 0.872. The number of carbonyl (C=O) groups is 2. The van der Waals surface area contributed by atoms with E-state index in [-0.39, 0.29) is 5.91 Å². The Bertz CT molecular complexity index is 525. The molecule has 0 aliphatic carbocycles. The van der Waals surface area contributed by atoms with E-state index in [2.05, 4.69) is 13.8 Å². The number of hydrogen-bond donors (Lipinski definition) is 1. The van der Waals surface area contributed by atoms with Gasteiger partial charge in [0.2, 0.25) is 0 Å². The van der Waals surface area contributed by atoms with Crippen molar-refractivity contribution < 1.29 is 14.7 Å². The first-order chi connectivity index (χ1) is 9.47. The second-order valence-electron chi connectivity index (χ2n) is 5.53. The zero-order valence-electron chi connectivity index (χ0n) is 11.7. The zero-order valence-corrected chi connectivity index (χ0v) is 12.5. The number of carboxylic acids is 1. The average molecular weight is 293 g/mol. The molecule has 1 aromatic rings. The third-order valence-corrected chi connectivity index (χ3v) is 4.37. The highest BCUT2D eigenvalue weighted by atomic mass is 32.1. The van der Waals surface area contributed by atoms with E-state index >= 15 is 0 Å². The molecule has 1 amide bonds. The van der Waals surface area contributed by atoms with Gasteiger partial charge >= 0.3 is 5.97 Å². The van der Waals surface area contributed by atoms with Crippen molar-refractivity contribution in [3.8, 4) is 0 Å². The number of carboxylic acid groups (broad SMARTS) is 1. The van der Waals surface area contributed by atoms with Crippen molar-refractivity contribution in [2.45, 2.75) is 20.3 Å². The summed E-state index contributed by atoms with van der Waals surface area (Å²) < 4.78 is 0. The molecule has 108 valence electrons. The van der Waals surface area contributed by atoms with E-state index in [1.54, 1.807) is 6.07 Å². The summed E-state index contributed by atoms with van der Waals surface area (Å²) >= 11 is 1.37. The van der Waals surface area contributed by atoms with Crippen molar-refractivity contribution >= 4 is 29.3 Å². The lowest BCUT2D eigenvalue weighted by atomic mass is 9.92. The molecule has 1 saturated heterocycles. The summed E-state index contributed by atoms with van der Waals surface area (Å²) in [5, 5.41) is 10.5. The van der Waals surface area contributed by atoms with Crippen LogP contribution < -0.4 is 0 Å². The Morgan fingerprint density at radius 2 is 2.00 bits per heavy atom. The first kappa shape index (κ1) is 14.8. The molecule has 2 rings (SSSR count). The normalized spacial score (nSPS) is 23.2.